The highest BCUT2D eigenvalue weighted by molar-refractivity contribution is 5.98. The molecule has 2 atom stereocenters. The SMILES string of the molecule is CCCCNC(=O)C1C(O)=Cc2nc3ccc(C)cc3cc2C1CC(=O)c1ccccc1. The minimum absolute atomic E-state index is 0.0451. The van der Waals surface area contributed by atoms with Gasteiger partial charge in [-0.15, -0.1) is 0 Å². The monoisotopic (exact) mass is 428 g/mol. The zero-order chi connectivity index (χ0) is 22.7. The first kappa shape index (κ1) is 21.8. The molecule has 0 fully saturated rings. The van der Waals surface area contributed by atoms with Crippen LogP contribution in [0.25, 0.3) is 17.0 Å². The van der Waals surface area contributed by atoms with Crippen molar-refractivity contribution in [3.63, 3.8) is 0 Å². The lowest BCUT2D eigenvalue weighted by atomic mass is 9.75. The van der Waals surface area contributed by atoms with Gasteiger partial charge in [0.15, 0.2) is 5.78 Å². The number of fused-ring (bicyclic) bond motifs is 2. The highest BCUT2D eigenvalue weighted by Gasteiger charge is 2.39. The topological polar surface area (TPSA) is 79.3 Å². The number of ketones is 1. The van der Waals surface area contributed by atoms with Crippen LogP contribution in [-0.2, 0) is 4.79 Å². The number of pyridine rings is 1. The van der Waals surface area contributed by atoms with Crippen molar-refractivity contribution < 1.29 is 14.7 Å². The molecule has 2 N–H and O–H groups in total. The lowest BCUT2D eigenvalue weighted by molar-refractivity contribution is -0.125. The second-order valence-electron chi connectivity index (χ2n) is 8.45. The summed E-state index contributed by atoms with van der Waals surface area (Å²) in [5.74, 6) is -1.69. The number of unbranched alkanes of at least 4 members (excludes halogenated alkanes) is 1. The molecule has 0 saturated carbocycles. The average molecular weight is 429 g/mol. The van der Waals surface area contributed by atoms with Gasteiger partial charge in [-0.1, -0.05) is 55.3 Å². The summed E-state index contributed by atoms with van der Waals surface area (Å²) in [4.78, 5) is 30.9. The third kappa shape index (κ3) is 4.42. The fraction of sp³-hybridized carbons (Fsp3) is 0.296. The van der Waals surface area contributed by atoms with Crippen molar-refractivity contribution in [3.8, 4) is 0 Å². The van der Waals surface area contributed by atoms with Crippen molar-refractivity contribution >= 4 is 28.7 Å². The second kappa shape index (κ2) is 9.35. The Morgan fingerprint density at radius 2 is 1.88 bits per heavy atom. The number of hydrogen-bond donors (Lipinski definition) is 2. The van der Waals surface area contributed by atoms with E-state index in [9.17, 15) is 14.7 Å². The summed E-state index contributed by atoms with van der Waals surface area (Å²) in [6.07, 6.45) is 3.50. The zero-order valence-corrected chi connectivity index (χ0v) is 18.5. The Morgan fingerprint density at radius 3 is 2.62 bits per heavy atom. The zero-order valence-electron chi connectivity index (χ0n) is 18.5. The predicted molar refractivity (Wildman–Crippen MR) is 127 cm³/mol. The Hall–Kier alpha value is -3.47. The smallest absolute Gasteiger partial charge is 0.231 e. The first-order valence-electron chi connectivity index (χ1n) is 11.2. The van der Waals surface area contributed by atoms with Crippen LogP contribution in [0.4, 0.5) is 0 Å². The van der Waals surface area contributed by atoms with Gasteiger partial charge in [-0.2, -0.15) is 0 Å². The van der Waals surface area contributed by atoms with Gasteiger partial charge in [0, 0.05) is 35.9 Å². The maximum Gasteiger partial charge on any atom is 0.231 e. The van der Waals surface area contributed by atoms with Gasteiger partial charge in [-0.3, -0.25) is 9.59 Å². The van der Waals surface area contributed by atoms with Crippen LogP contribution in [-0.4, -0.2) is 28.3 Å². The van der Waals surface area contributed by atoms with Gasteiger partial charge in [0.05, 0.1) is 11.2 Å². The van der Waals surface area contributed by atoms with Crippen LogP contribution in [0.5, 0.6) is 0 Å². The standard InChI is InChI=1S/C27H28N2O3/c1-3-4-12-28-27(32)26-21(15-24(30)18-8-6-5-7-9-18)20-14-19-13-17(2)10-11-22(19)29-23(20)16-25(26)31/h5-11,13-14,16,21,26,31H,3-4,12,15H2,1-2H3,(H,28,32). The molecule has 2 aromatic carbocycles. The molecule has 0 radical (unpaired) electrons. The van der Waals surface area contributed by atoms with Gasteiger partial charge < -0.3 is 10.4 Å². The number of carbonyl (C=O) groups is 2. The number of aromatic nitrogens is 1. The molecule has 0 aliphatic heterocycles. The number of nitrogens with one attached hydrogen (secondary N) is 1. The second-order valence-corrected chi connectivity index (χ2v) is 8.45. The van der Waals surface area contributed by atoms with Crippen LogP contribution in [0.3, 0.4) is 0 Å². The van der Waals surface area contributed by atoms with E-state index < -0.39 is 11.8 Å². The molecule has 1 heterocycles. The lowest BCUT2D eigenvalue weighted by Gasteiger charge is -2.30. The van der Waals surface area contributed by atoms with Gasteiger partial charge in [0.2, 0.25) is 5.91 Å². The summed E-state index contributed by atoms with van der Waals surface area (Å²) in [5.41, 5.74) is 3.96. The van der Waals surface area contributed by atoms with E-state index in [2.05, 4.69) is 12.2 Å². The summed E-state index contributed by atoms with van der Waals surface area (Å²) in [6.45, 7) is 4.62. The van der Waals surface area contributed by atoms with E-state index in [0.717, 1.165) is 34.9 Å². The first-order chi connectivity index (χ1) is 15.5. The number of benzene rings is 2. The molecule has 1 aliphatic rings. The molecule has 164 valence electrons. The van der Waals surface area contributed by atoms with Crippen molar-refractivity contribution in [2.24, 2.45) is 5.92 Å². The van der Waals surface area contributed by atoms with Crippen molar-refractivity contribution in [3.05, 3.63) is 82.7 Å². The van der Waals surface area contributed by atoms with Gasteiger partial charge in [-0.25, -0.2) is 4.98 Å². The fourth-order valence-corrected chi connectivity index (χ4v) is 4.34. The predicted octanol–water partition coefficient (Wildman–Crippen LogP) is 5.34. The summed E-state index contributed by atoms with van der Waals surface area (Å²) in [5, 5.41) is 14.8. The Labute approximate surface area is 188 Å². The van der Waals surface area contributed by atoms with Crippen LogP contribution in [0, 0.1) is 12.8 Å². The molecule has 1 aromatic heterocycles. The molecular weight excluding hydrogens is 400 g/mol. The van der Waals surface area contributed by atoms with Gasteiger partial charge >= 0.3 is 0 Å². The summed E-state index contributed by atoms with van der Waals surface area (Å²) in [6, 6.07) is 17.1. The largest absolute Gasteiger partial charge is 0.511 e. The Balaban J connectivity index is 1.77. The molecule has 2 unspecified atom stereocenters. The number of carbonyl (C=O) groups excluding carboxylic acids is 2. The summed E-state index contributed by atoms with van der Waals surface area (Å²) in [7, 11) is 0. The van der Waals surface area contributed by atoms with E-state index in [1.165, 1.54) is 0 Å². The quantitative estimate of drug-likeness (QED) is 0.393. The third-order valence-electron chi connectivity index (χ3n) is 6.05. The van der Waals surface area contributed by atoms with Gasteiger partial charge in [0.25, 0.3) is 0 Å². The number of aliphatic hydroxyl groups excluding tert-OH is 1. The molecular formula is C27H28N2O3. The van der Waals surface area contributed by atoms with Crippen molar-refractivity contribution in [2.75, 3.05) is 6.54 Å². The lowest BCUT2D eigenvalue weighted by Crippen LogP contribution is -2.38. The molecule has 0 spiro atoms. The van der Waals surface area contributed by atoms with E-state index in [-0.39, 0.29) is 23.9 Å². The molecule has 5 heteroatoms. The minimum Gasteiger partial charge on any atom is -0.511 e. The van der Waals surface area contributed by atoms with E-state index in [1.54, 1.807) is 18.2 Å². The normalized spacial score (nSPS) is 17.5. The number of hydrogen-bond acceptors (Lipinski definition) is 4. The number of nitrogens with zero attached hydrogens (tertiary/aromatic N) is 1. The van der Waals surface area contributed by atoms with Gasteiger partial charge in [0.1, 0.15) is 11.7 Å². The molecule has 1 amide bonds. The third-order valence-corrected chi connectivity index (χ3v) is 6.05. The Morgan fingerprint density at radius 1 is 1.09 bits per heavy atom. The van der Waals surface area contributed by atoms with Crippen LogP contribution >= 0.6 is 0 Å². The highest BCUT2D eigenvalue weighted by Crippen LogP contribution is 2.41. The van der Waals surface area contributed by atoms with E-state index >= 15 is 0 Å². The first-order valence-corrected chi connectivity index (χ1v) is 11.2. The number of aliphatic hydroxyl groups is 1. The number of aryl methyl sites for hydroxylation is 1. The number of Topliss-reactive ketones (excluding diaryl/α,β-unsaturated/α-hetero) is 1. The Bertz CT molecular complexity index is 1180. The fourth-order valence-electron chi connectivity index (χ4n) is 4.34. The molecule has 4 rings (SSSR count). The van der Waals surface area contributed by atoms with E-state index in [4.69, 9.17) is 4.98 Å². The van der Waals surface area contributed by atoms with Crippen molar-refractivity contribution in [1.82, 2.24) is 10.3 Å². The molecule has 0 bridgehead atoms. The maximum absolute atomic E-state index is 13.1. The van der Waals surface area contributed by atoms with Crippen LogP contribution < -0.4 is 5.32 Å². The summed E-state index contributed by atoms with van der Waals surface area (Å²) >= 11 is 0. The van der Waals surface area contributed by atoms with Crippen LogP contribution in [0.2, 0.25) is 0 Å². The number of rotatable bonds is 7. The number of amides is 1. The molecule has 5 nitrogen and oxygen atoms in total. The van der Waals surface area contributed by atoms with E-state index in [0.29, 0.717) is 17.8 Å². The molecule has 0 saturated heterocycles. The minimum atomic E-state index is -0.823. The highest BCUT2D eigenvalue weighted by atomic mass is 16.3. The van der Waals surface area contributed by atoms with Crippen LogP contribution in [0.1, 0.15) is 59.3 Å². The van der Waals surface area contributed by atoms with E-state index in [1.807, 2.05) is 49.4 Å². The molecule has 1 aliphatic carbocycles. The maximum atomic E-state index is 13.1. The van der Waals surface area contributed by atoms with Crippen molar-refractivity contribution in [2.45, 2.75) is 39.0 Å². The average Bonchev–Trinajstić information content (AvgIpc) is 2.78. The summed E-state index contributed by atoms with van der Waals surface area (Å²) < 4.78 is 0. The van der Waals surface area contributed by atoms with Gasteiger partial charge in [-0.05, 0) is 37.1 Å². The van der Waals surface area contributed by atoms with Crippen LogP contribution in [0.15, 0.2) is 60.4 Å². The van der Waals surface area contributed by atoms with Crippen molar-refractivity contribution in [1.29, 1.82) is 0 Å². The molecule has 32 heavy (non-hydrogen) atoms. The Kier molecular flexibility index (Phi) is 6.35. The molecule has 3 aromatic rings.